The number of carbonyl (C=O) groups excluding carboxylic acids is 2. The van der Waals surface area contributed by atoms with Crippen molar-refractivity contribution in [3.05, 3.63) is 0 Å². The van der Waals surface area contributed by atoms with E-state index < -0.39 is 43.8 Å². The van der Waals surface area contributed by atoms with Gasteiger partial charge < -0.3 is 14.8 Å². The molecule has 0 unspecified atom stereocenters. The van der Waals surface area contributed by atoms with E-state index in [-0.39, 0.29) is 29.6 Å². The molecular weight excluding hydrogens is 257 g/mol. The Bertz CT molecular complexity index is 486. The van der Waals surface area contributed by atoms with E-state index in [2.05, 4.69) is 0 Å². The first-order valence-corrected chi connectivity index (χ1v) is 6.45. The fourth-order valence-corrected chi connectivity index (χ4v) is 4.85. The number of carbonyl (C=O) groups is 2. The van der Waals surface area contributed by atoms with Crippen molar-refractivity contribution in [2.75, 3.05) is 0 Å². The molecule has 0 saturated carbocycles. The summed E-state index contributed by atoms with van der Waals surface area (Å²) in [6, 6.07) is -1.38. The van der Waals surface area contributed by atoms with Crippen LogP contribution >= 0.6 is 0 Å². The molecule has 2 fully saturated rings. The van der Waals surface area contributed by atoms with Crippen molar-refractivity contribution >= 4 is 21.7 Å². The third-order valence-electron chi connectivity index (χ3n) is 3.56. The summed E-state index contributed by atoms with van der Waals surface area (Å²) in [5.41, 5.74) is 0. The average molecular weight is 269 g/mol. The van der Waals surface area contributed by atoms with Gasteiger partial charge in [0, 0.05) is 0 Å². The van der Waals surface area contributed by atoms with Crippen molar-refractivity contribution in [1.29, 1.82) is 0 Å². The third kappa shape index (κ3) is 1.52. The van der Waals surface area contributed by atoms with Crippen molar-refractivity contribution in [3.8, 4) is 0 Å². The standard InChI is InChI=1S/C9H13NO5S.Na/c1-4-6(11)10-5(8(12)13)9(2,3)16(14,15)7(4)10;/h4-5,7H,1-3H3,(H,12,13);/q;+1/p-1/t4-,5+,7-;/m1./s1. The molecule has 2 saturated heterocycles. The Labute approximate surface area is 122 Å². The molecule has 0 spiro atoms. The molecule has 2 aliphatic rings. The number of amides is 1. The number of hydrogen-bond acceptors (Lipinski definition) is 5. The van der Waals surface area contributed by atoms with Crippen LogP contribution in [0, 0.1) is 5.92 Å². The zero-order valence-corrected chi connectivity index (χ0v) is 12.9. The number of rotatable bonds is 1. The molecule has 3 atom stereocenters. The summed E-state index contributed by atoms with van der Waals surface area (Å²) in [7, 11) is -3.66. The van der Waals surface area contributed by atoms with Crippen molar-refractivity contribution in [3.63, 3.8) is 0 Å². The van der Waals surface area contributed by atoms with E-state index in [1.807, 2.05) is 0 Å². The van der Waals surface area contributed by atoms with Crippen molar-refractivity contribution in [1.82, 2.24) is 4.90 Å². The van der Waals surface area contributed by atoms with E-state index in [0.29, 0.717) is 0 Å². The maximum atomic E-state index is 12.1. The summed E-state index contributed by atoms with van der Waals surface area (Å²) in [6.45, 7) is 4.14. The number of carboxylic acids is 1. The second kappa shape index (κ2) is 3.94. The molecule has 0 aromatic rings. The first-order valence-electron chi connectivity index (χ1n) is 4.90. The monoisotopic (exact) mass is 269 g/mol. The van der Waals surface area contributed by atoms with E-state index >= 15 is 0 Å². The number of hydrogen-bond donors (Lipinski definition) is 0. The molecule has 0 aliphatic carbocycles. The minimum Gasteiger partial charge on any atom is -0.548 e. The predicted molar refractivity (Wildman–Crippen MR) is 51.6 cm³/mol. The molecule has 0 aromatic heterocycles. The van der Waals surface area contributed by atoms with Crippen LogP contribution in [0.5, 0.6) is 0 Å². The summed E-state index contributed by atoms with van der Waals surface area (Å²) >= 11 is 0. The molecule has 0 N–H and O–H groups in total. The fraction of sp³-hybridized carbons (Fsp3) is 0.778. The Kier molecular flexibility index (Phi) is 3.47. The van der Waals surface area contributed by atoms with Crippen LogP contribution in [0.25, 0.3) is 0 Å². The van der Waals surface area contributed by atoms with Crippen molar-refractivity contribution in [2.24, 2.45) is 5.92 Å². The summed E-state index contributed by atoms with van der Waals surface area (Å²) in [6.07, 6.45) is 0. The molecule has 0 bridgehead atoms. The fourth-order valence-electron chi connectivity index (χ4n) is 2.53. The van der Waals surface area contributed by atoms with Crippen molar-refractivity contribution < 1.29 is 52.7 Å². The van der Waals surface area contributed by atoms with E-state index in [1.54, 1.807) is 0 Å². The van der Waals surface area contributed by atoms with Gasteiger partial charge in [-0.25, -0.2) is 8.42 Å². The van der Waals surface area contributed by atoms with Gasteiger partial charge in [0.1, 0.15) is 5.37 Å². The number of nitrogens with zero attached hydrogens (tertiary/aromatic N) is 1. The first-order chi connectivity index (χ1) is 7.14. The van der Waals surface area contributed by atoms with Gasteiger partial charge in [0.2, 0.25) is 5.91 Å². The van der Waals surface area contributed by atoms with Gasteiger partial charge in [-0.2, -0.15) is 0 Å². The third-order valence-corrected chi connectivity index (χ3v) is 6.52. The van der Waals surface area contributed by atoms with Gasteiger partial charge in [-0.15, -0.1) is 0 Å². The van der Waals surface area contributed by atoms with E-state index in [0.717, 1.165) is 4.90 Å². The van der Waals surface area contributed by atoms with E-state index in [9.17, 15) is 23.1 Å². The van der Waals surface area contributed by atoms with Crippen LogP contribution in [0.3, 0.4) is 0 Å². The van der Waals surface area contributed by atoms with E-state index in [1.165, 1.54) is 20.8 Å². The minimum absolute atomic E-state index is 0. The smallest absolute Gasteiger partial charge is 0.548 e. The largest absolute Gasteiger partial charge is 1.00 e. The quantitative estimate of drug-likeness (QED) is 0.351. The Morgan fingerprint density at radius 3 is 2.29 bits per heavy atom. The van der Waals surface area contributed by atoms with Crippen molar-refractivity contribution in [2.45, 2.75) is 36.9 Å². The van der Waals surface area contributed by atoms with Crippen LogP contribution in [0.1, 0.15) is 20.8 Å². The second-order valence-corrected chi connectivity index (χ2v) is 7.42. The van der Waals surface area contributed by atoms with Crippen LogP contribution in [-0.4, -0.2) is 41.4 Å². The average Bonchev–Trinajstić information content (AvgIpc) is 2.28. The van der Waals surface area contributed by atoms with Crippen LogP contribution < -0.4 is 34.7 Å². The second-order valence-electron chi connectivity index (χ2n) is 4.79. The molecular formula is C9H12NNaO5S. The topological polar surface area (TPSA) is 94.6 Å². The van der Waals surface area contributed by atoms with E-state index in [4.69, 9.17) is 0 Å². The summed E-state index contributed by atoms with van der Waals surface area (Å²) in [5, 5.41) is 9.98. The zero-order chi connectivity index (χ0) is 12.5. The van der Waals surface area contributed by atoms with Crippen LogP contribution in [0.15, 0.2) is 0 Å². The van der Waals surface area contributed by atoms with Crippen LogP contribution in [0.4, 0.5) is 0 Å². The summed E-state index contributed by atoms with van der Waals surface area (Å²) < 4.78 is 22.6. The molecule has 0 aromatic carbocycles. The van der Waals surface area contributed by atoms with Crippen LogP contribution in [0.2, 0.25) is 0 Å². The number of aliphatic carboxylic acids is 1. The van der Waals surface area contributed by atoms with Gasteiger partial charge in [0.25, 0.3) is 0 Å². The molecule has 0 radical (unpaired) electrons. The summed E-state index contributed by atoms with van der Waals surface area (Å²) in [5.74, 6) is -2.61. The Hall–Kier alpha value is -0.110. The molecule has 1 amide bonds. The number of sulfone groups is 1. The molecule has 6 nitrogen and oxygen atoms in total. The SMILES string of the molecule is C[C@@H]1C(=O)N2[C@@H](C(=O)[O-])C(C)(C)S(=O)(=O)[C@H]12.[Na+]. The molecule has 2 heterocycles. The predicted octanol–water partition coefficient (Wildman–Crippen LogP) is -4.88. The Morgan fingerprint density at radius 1 is 1.41 bits per heavy atom. The number of β-lactam (4-membered cyclic amide) rings is 1. The zero-order valence-electron chi connectivity index (χ0n) is 10.1. The van der Waals surface area contributed by atoms with Gasteiger partial charge in [0.15, 0.2) is 9.84 Å². The maximum absolute atomic E-state index is 12.1. The van der Waals surface area contributed by atoms with Gasteiger partial charge in [-0.3, -0.25) is 4.79 Å². The normalized spacial score (nSPS) is 36.8. The number of fused-ring (bicyclic) bond motifs is 1. The van der Waals surface area contributed by atoms with Gasteiger partial charge in [-0.05, 0) is 13.8 Å². The molecule has 90 valence electrons. The summed E-state index contributed by atoms with van der Waals surface area (Å²) in [4.78, 5) is 23.4. The molecule has 2 rings (SSSR count). The van der Waals surface area contributed by atoms with Gasteiger partial charge in [0.05, 0.1) is 22.7 Å². The van der Waals surface area contributed by atoms with Gasteiger partial charge in [-0.1, -0.05) is 6.92 Å². The maximum Gasteiger partial charge on any atom is 1.00 e. The number of carboxylic acid groups (broad SMARTS) is 1. The molecule has 17 heavy (non-hydrogen) atoms. The minimum atomic E-state index is -3.66. The Morgan fingerprint density at radius 2 is 1.88 bits per heavy atom. The molecule has 8 heteroatoms. The van der Waals surface area contributed by atoms with Crippen LogP contribution in [-0.2, 0) is 19.4 Å². The first kappa shape index (κ1) is 14.9. The molecule has 2 aliphatic heterocycles. The van der Waals surface area contributed by atoms with Gasteiger partial charge >= 0.3 is 29.6 Å². The Balaban J connectivity index is 0.00000144.